The van der Waals surface area contributed by atoms with Crippen molar-refractivity contribution in [2.75, 3.05) is 31.6 Å². The van der Waals surface area contributed by atoms with Gasteiger partial charge in [0.05, 0.1) is 24.8 Å². The van der Waals surface area contributed by atoms with Crippen molar-refractivity contribution < 1.29 is 22.7 Å². The van der Waals surface area contributed by atoms with Gasteiger partial charge >= 0.3 is 0 Å². The molecule has 0 aliphatic rings. The number of sulfonamides is 1. The average Bonchev–Trinajstić information content (AvgIpc) is 2.85. The Balaban J connectivity index is 1.64. The first-order valence-electron chi connectivity index (χ1n) is 10.7. The highest BCUT2D eigenvalue weighted by Crippen LogP contribution is 2.28. The molecule has 0 atom stereocenters. The molecule has 0 saturated carbocycles. The zero-order valence-electron chi connectivity index (χ0n) is 19.0. The first-order valence-corrected chi connectivity index (χ1v) is 12.5. The summed E-state index contributed by atoms with van der Waals surface area (Å²) in [7, 11) is -0.802. The molecule has 0 radical (unpaired) electrons. The Kier molecular flexibility index (Phi) is 8.79. The molecule has 34 heavy (non-hydrogen) atoms. The van der Waals surface area contributed by atoms with E-state index in [1.807, 2.05) is 18.2 Å². The first-order chi connectivity index (χ1) is 16.3. The van der Waals surface area contributed by atoms with Crippen LogP contribution in [0.25, 0.3) is 0 Å². The summed E-state index contributed by atoms with van der Waals surface area (Å²) in [4.78, 5) is 12.7. The topological polar surface area (TPSA) is 84.9 Å². The second-order valence-corrected chi connectivity index (χ2v) is 9.74. The minimum atomic E-state index is -3.97. The number of hydrogen-bond donors (Lipinski definition) is 1. The number of methoxy groups -OCH3 is 2. The Bertz CT molecular complexity index is 1200. The number of nitrogens with zero attached hydrogens (tertiary/aromatic N) is 1. The molecular formula is C25H27ClN2O5S. The van der Waals surface area contributed by atoms with Crippen LogP contribution >= 0.6 is 11.6 Å². The van der Waals surface area contributed by atoms with Crippen LogP contribution < -0.4 is 19.1 Å². The van der Waals surface area contributed by atoms with Crippen molar-refractivity contribution in [1.29, 1.82) is 0 Å². The quantitative estimate of drug-likeness (QED) is 0.395. The van der Waals surface area contributed by atoms with E-state index in [0.717, 1.165) is 9.87 Å². The van der Waals surface area contributed by atoms with E-state index in [-0.39, 0.29) is 11.4 Å². The van der Waals surface area contributed by atoms with E-state index in [1.54, 1.807) is 44.6 Å². The number of ether oxygens (including phenoxy) is 2. The molecule has 7 nitrogen and oxygen atoms in total. The van der Waals surface area contributed by atoms with Gasteiger partial charge in [0.2, 0.25) is 5.91 Å². The number of rotatable bonds is 11. The lowest BCUT2D eigenvalue weighted by Gasteiger charge is -2.24. The zero-order chi connectivity index (χ0) is 24.6. The highest BCUT2D eigenvalue weighted by molar-refractivity contribution is 7.92. The molecule has 0 fully saturated rings. The van der Waals surface area contributed by atoms with Crippen LogP contribution in [0.4, 0.5) is 5.69 Å². The number of benzene rings is 3. The highest BCUT2D eigenvalue weighted by Gasteiger charge is 2.27. The van der Waals surface area contributed by atoms with Gasteiger partial charge < -0.3 is 14.8 Å². The van der Waals surface area contributed by atoms with Crippen LogP contribution in [-0.4, -0.2) is 41.6 Å². The molecule has 0 aliphatic heterocycles. The SMILES string of the molecule is COc1ccc(CCCNC(=O)CN(c2ccccc2)S(=O)(=O)c2ccc(Cl)cc2)cc1OC. The van der Waals surface area contributed by atoms with Gasteiger partial charge in [0, 0.05) is 11.6 Å². The normalized spacial score (nSPS) is 11.0. The minimum Gasteiger partial charge on any atom is -0.493 e. The van der Waals surface area contributed by atoms with Crippen molar-refractivity contribution in [1.82, 2.24) is 5.32 Å². The lowest BCUT2D eigenvalue weighted by Crippen LogP contribution is -2.41. The molecule has 0 saturated heterocycles. The van der Waals surface area contributed by atoms with Crippen LogP contribution in [0, 0.1) is 0 Å². The van der Waals surface area contributed by atoms with E-state index in [4.69, 9.17) is 21.1 Å². The number of aryl methyl sites for hydroxylation is 1. The number of hydrogen-bond acceptors (Lipinski definition) is 5. The van der Waals surface area contributed by atoms with Gasteiger partial charge in [-0.3, -0.25) is 9.10 Å². The number of carbonyl (C=O) groups is 1. The second-order valence-electron chi connectivity index (χ2n) is 7.44. The molecule has 0 aromatic heterocycles. The molecule has 1 N–H and O–H groups in total. The Morgan fingerprint density at radius 3 is 2.26 bits per heavy atom. The standard InChI is InChI=1S/C25H27ClN2O5S/c1-32-23-15-10-19(17-24(23)33-2)7-6-16-27-25(29)18-28(21-8-4-3-5-9-21)34(30,31)22-13-11-20(26)12-14-22/h3-5,8-15,17H,6-7,16,18H2,1-2H3,(H,27,29). The lowest BCUT2D eigenvalue weighted by molar-refractivity contribution is -0.119. The summed E-state index contributed by atoms with van der Waals surface area (Å²) in [5.74, 6) is 0.908. The summed E-state index contributed by atoms with van der Waals surface area (Å²) >= 11 is 5.90. The van der Waals surface area contributed by atoms with Crippen molar-refractivity contribution in [2.24, 2.45) is 0 Å². The maximum absolute atomic E-state index is 13.3. The van der Waals surface area contributed by atoms with Gasteiger partial charge in [-0.05, 0) is 66.9 Å². The largest absolute Gasteiger partial charge is 0.493 e. The van der Waals surface area contributed by atoms with Crippen LogP contribution in [0.3, 0.4) is 0 Å². The second kappa shape index (κ2) is 11.8. The van der Waals surface area contributed by atoms with E-state index < -0.39 is 15.9 Å². The summed E-state index contributed by atoms with van der Waals surface area (Å²) in [5, 5.41) is 3.24. The molecule has 3 rings (SSSR count). The molecule has 0 unspecified atom stereocenters. The summed E-state index contributed by atoms with van der Waals surface area (Å²) in [5.41, 5.74) is 1.45. The average molecular weight is 503 g/mol. The zero-order valence-corrected chi connectivity index (χ0v) is 20.6. The number of para-hydroxylation sites is 1. The van der Waals surface area contributed by atoms with Crippen molar-refractivity contribution in [3.8, 4) is 11.5 Å². The molecule has 9 heteroatoms. The summed E-state index contributed by atoms with van der Waals surface area (Å²) in [6.45, 7) is 0.0577. The predicted octanol–water partition coefficient (Wildman–Crippen LogP) is 4.30. The number of nitrogens with one attached hydrogen (secondary N) is 1. The van der Waals surface area contributed by atoms with Crippen LogP contribution in [0.1, 0.15) is 12.0 Å². The van der Waals surface area contributed by atoms with Crippen LogP contribution in [0.15, 0.2) is 77.7 Å². The molecule has 0 spiro atoms. The van der Waals surface area contributed by atoms with E-state index in [0.29, 0.717) is 41.6 Å². The lowest BCUT2D eigenvalue weighted by atomic mass is 10.1. The van der Waals surface area contributed by atoms with Gasteiger partial charge in [0.25, 0.3) is 10.0 Å². The van der Waals surface area contributed by atoms with Gasteiger partial charge in [-0.25, -0.2) is 8.42 Å². The molecule has 180 valence electrons. The number of amides is 1. The number of carbonyl (C=O) groups excluding carboxylic acids is 1. The van der Waals surface area contributed by atoms with Crippen molar-refractivity contribution in [3.05, 3.63) is 83.4 Å². The molecule has 0 bridgehead atoms. The van der Waals surface area contributed by atoms with Crippen LogP contribution in [0.5, 0.6) is 11.5 Å². The van der Waals surface area contributed by atoms with E-state index in [2.05, 4.69) is 5.32 Å². The van der Waals surface area contributed by atoms with Crippen molar-refractivity contribution >= 4 is 33.2 Å². The highest BCUT2D eigenvalue weighted by atomic mass is 35.5. The van der Waals surface area contributed by atoms with Gasteiger partial charge in [-0.2, -0.15) is 0 Å². The number of anilines is 1. The summed E-state index contributed by atoms with van der Waals surface area (Å²) in [6.07, 6.45) is 1.39. The predicted molar refractivity (Wildman–Crippen MR) is 133 cm³/mol. The smallest absolute Gasteiger partial charge is 0.264 e. The van der Waals surface area contributed by atoms with Crippen molar-refractivity contribution in [3.63, 3.8) is 0 Å². The van der Waals surface area contributed by atoms with E-state index in [9.17, 15) is 13.2 Å². The van der Waals surface area contributed by atoms with Gasteiger partial charge in [-0.15, -0.1) is 0 Å². The van der Waals surface area contributed by atoms with Gasteiger partial charge in [0.1, 0.15) is 6.54 Å². The molecule has 1 amide bonds. The fourth-order valence-corrected chi connectivity index (χ4v) is 4.93. The van der Waals surface area contributed by atoms with Gasteiger partial charge in [0.15, 0.2) is 11.5 Å². The third-order valence-corrected chi connectivity index (χ3v) is 7.19. The third kappa shape index (κ3) is 6.42. The van der Waals surface area contributed by atoms with Crippen LogP contribution in [-0.2, 0) is 21.2 Å². The Morgan fingerprint density at radius 2 is 1.62 bits per heavy atom. The maximum atomic E-state index is 13.3. The van der Waals surface area contributed by atoms with Crippen LogP contribution in [0.2, 0.25) is 5.02 Å². The molecular weight excluding hydrogens is 476 g/mol. The van der Waals surface area contributed by atoms with Crippen molar-refractivity contribution in [2.45, 2.75) is 17.7 Å². The Morgan fingerprint density at radius 1 is 0.941 bits per heavy atom. The van der Waals surface area contributed by atoms with E-state index in [1.165, 1.54) is 24.3 Å². The molecule has 0 heterocycles. The molecule has 3 aromatic carbocycles. The van der Waals surface area contributed by atoms with E-state index >= 15 is 0 Å². The fraction of sp³-hybridized carbons (Fsp3) is 0.240. The van der Waals surface area contributed by atoms with Gasteiger partial charge in [-0.1, -0.05) is 35.9 Å². The number of halogens is 1. The summed E-state index contributed by atoms with van der Waals surface area (Å²) in [6, 6.07) is 20.1. The minimum absolute atomic E-state index is 0.0574. The first kappa shape index (κ1) is 25.4. The molecule has 0 aliphatic carbocycles. The Hall–Kier alpha value is -3.23. The fourth-order valence-electron chi connectivity index (χ4n) is 3.39. The third-order valence-electron chi connectivity index (χ3n) is 5.15. The maximum Gasteiger partial charge on any atom is 0.264 e. The Labute approximate surface area is 205 Å². The molecule has 3 aromatic rings. The monoisotopic (exact) mass is 502 g/mol. The summed E-state index contributed by atoms with van der Waals surface area (Å²) < 4.78 is 38.2.